The maximum absolute atomic E-state index is 11.2. The highest BCUT2D eigenvalue weighted by molar-refractivity contribution is 6.29. The number of nitrogen functional groups attached to an aromatic ring is 1. The number of aromatic nitrogens is 2. The third kappa shape index (κ3) is 2.92. The molecule has 2 heterocycles. The second-order valence-corrected chi connectivity index (χ2v) is 4.26. The summed E-state index contributed by atoms with van der Waals surface area (Å²) in [6, 6.07) is 1.69. The molecule has 1 saturated heterocycles. The van der Waals surface area contributed by atoms with Gasteiger partial charge in [-0.1, -0.05) is 11.6 Å². The maximum Gasteiger partial charge on any atom is 0.407 e. The third-order valence-corrected chi connectivity index (χ3v) is 2.70. The van der Waals surface area contributed by atoms with E-state index in [0.29, 0.717) is 30.7 Å². The molecule has 3 N–H and O–H groups in total. The van der Waals surface area contributed by atoms with E-state index >= 15 is 0 Å². The van der Waals surface area contributed by atoms with Crippen LogP contribution >= 0.6 is 11.6 Å². The van der Waals surface area contributed by atoms with Crippen LogP contribution in [0.15, 0.2) is 6.07 Å². The summed E-state index contributed by atoms with van der Waals surface area (Å²) in [5.41, 5.74) is 5.51. The maximum atomic E-state index is 11.2. The Kier molecular flexibility index (Phi) is 3.71. The molecule has 0 unspecified atom stereocenters. The summed E-state index contributed by atoms with van der Waals surface area (Å²) in [6.45, 7) is 3.41. The van der Waals surface area contributed by atoms with E-state index in [0.717, 1.165) is 0 Å². The van der Waals surface area contributed by atoms with Crippen molar-refractivity contribution in [1.82, 2.24) is 15.3 Å². The predicted molar refractivity (Wildman–Crippen MR) is 67.6 cm³/mol. The topological polar surface area (TPSA) is 93.4 Å². The Morgan fingerprint density at radius 3 is 3.00 bits per heavy atom. The van der Waals surface area contributed by atoms with Crippen LogP contribution in [0.25, 0.3) is 0 Å². The molecular weight excluding hydrogens is 258 g/mol. The summed E-state index contributed by atoms with van der Waals surface area (Å²) in [6.07, 6.45) is -0.401. The number of rotatable bonds is 3. The van der Waals surface area contributed by atoms with Crippen LogP contribution in [-0.2, 0) is 4.74 Å². The van der Waals surface area contributed by atoms with E-state index in [4.69, 9.17) is 22.1 Å². The van der Waals surface area contributed by atoms with Gasteiger partial charge in [0.25, 0.3) is 0 Å². The molecule has 2 rings (SSSR count). The lowest BCUT2D eigenvalue weighted by Crippen LogP contribution is -2.59. The van der Waals surface area contributed by atoms with Crippen LogP contribution < -0.4 is 16.0 Å². The van der Waals surface area contributed by atoms with Crippen molar-refractivity contribution in [2.45, 2.75) is 13.0 Å². The fourth-order valence-corrected chi connectivity index (χ4v) is 1.87. The zero-order chi connectivity index (χ0) is 13.1. The molecule has 1 aromatic heterocycles. The molecular formula is C10H14ClN5O2. The summed E-state index contributed by atoms with van der Waals surface area (Å²) in [7, 11) is 0. The molecule has 0 spiro atoms. The number of alkyl carbamates (subject to hydrolysis) is 1. The first kappa shape index (κ1) is 12.7. The van der Waals surface area contributed by atoms with Crippen LogP contribution in [0.4, 0.5) is 16.6 Å². The van der Waals surface area contributed by atoms with E-state index in [9.17, 15) is 4.79 Å². The van der Waals surface area contributed by atoms with Gasteiger partial charge in [-0.3, -0.25) is 0 Å². The van der Waals surface area contributed by atoms with Crippen molar-refractivity contribution in [2.24, 2.45) is 0 Å². The van der Waals surface area contributed by atoms with Gasteiger partial charge < -0.3 is 20.7 Å². The van der Waals surface area contributed by atoms with Gasteiger partial charge in [0.1, 0.15) is 11.0 Å². The number of nitrogens with one attached hydrogen (secondary N) is 1. The van der Waals surface area contributed by atoms with Gasteiger partial charge >= 0.3 is 6.09 Å². The number of amides is 1. The van der Waals surface area contributed by atoms with Gasteiger partial charge in [-0.05, 0) is 6.92 Å². The van der Waals surface area contributed by atoms with Crippen molar-refractivity contribution in [3.05, 3.63) is 11.2 Å². The van der Waals surface area contributed by atoms with Gasteiger partial charge in [0.05, 0.1) is 12.6 Å². The number of nitrogens with zero attached hydrogens (tertiary/aromatic N) is 3. The van der Waals surface area contributed by atoms with Crippen molar-refractivity contribution in [2.75, 3.05) is 30.3 Å². The minimum atomic E-state index is -0.401. The number of anilines is 2. The Hall–Kier alpha value is -1.76. The lowest BCUT2D eigenvalue weighted by Gasteiger charge is -2.40. The second kappa shape index (κ2) is 5.26. The molecule has 1 amide bonds. The molecule has 0 radical (unpaired) electrons. The standard InChI is InChI=1S/C10H14ClN5O2/c1-2-18-10(17)13-6-4-16(5-6)8-3-7(11)14-9(12)15-8/h3,6H,2,4-5H2,1H3,(H,13,17)(H2,12,14,15). The van der Waals surface area contributed by atoms with Crippen molar-refractivity contribution in [3.8, 4) is 0 Å². The molecule has 1 aliphatic heterocycles. The number of hydrogen-bond donors (Lipinski definition) is 2. The van der Waals surface area contributed by atoms with E-state index in [-0.39, 0.29) is 12.0 Å². The summed E-state index contributed by atoms with van der Waals surface area (Å²) < 4.78 is 4.79. The lowest BCUT2D eigenvalue weighted by molar-refractivity contribution is 0.146. The first-order valence-corrected chi connectivity index (χ1v) is 5.94. The zero-order valence-corrected chi connectivity index (χ0v) is 10.6. The van der Waals surface area contributed by atoms with Crippen LogP contribution in [0.5, 0.6) is 0 Å². The predicted octanol–water partition coefficient (Wildman–Crippen LogP) is 0.647. The Morgan fingerprint density at radius 2 is 2.39 bits per heavy atom. The molecule has 0 aromatic carbocycles. The van der Waals surface area contributed by atoms with Crippen molar-refractivity contribution >= 4 is 29.5 Å². The van der Waals surface area contributed by atoms with Crippen molar-refractivity contribution in [1.29, 1.82) is 0 Å². The normalized spacial score (nSPS) is 15.1. The van der Waals surface area contributed by atoms with Crippen LogP contribution in [0.2, 0.25) is 5.15 Å². The highest BCUT2D eigenvalue weighted by Gasteiger charge is 2.29. The van der Waals surface area contributed by atoms with Gasteiger partial charge in [-0.15, -0.1) is 0 Å². The minimum Gasteiger partial charge on any atom is -0.450 e. The van der Waals surface area contributed by atoms with E-state index in [1.165, 1.54) is 0 Å². The molecule has 0 bridgehead atoms. The van der Waals surface area contributed by atoms with Gasteiger partial charge in [0, 0.05) is 19.2 Å². The number of nitrogens with two attached hydrogens (primary N) is 1. The molecule has 0 saturated carbocycles. The zero-order valence-electron chi connectivity index (χ0n) is 9.89. The first-order valence-electron chi connectivity index (χ1n) is 5.56. The summed E-state index contributed by atoms with van der Waals surface area (Å²) in [4.78, 5) is 21.0. The van der Waals surface area contributed by atoms with E-state index in [1.54, 1.807) is 13.0 Å². The Labute approximate surface area is 109 Å². The average Bonchev–Trinajstić information content (AvgIpc) is 2.21. The quantitative estimate of drug-likeness (QED) is 0.784. The minimum absolute atomic E-state index is 0.0546. The highest BCUT2D eigenvalue weighted by Crippen LogP contribution is 2.21. The number of carbonyl (C=O) groups excluding carboxylic acids is 1. The van der Waals surface area contributed by atoms with Gasteiger partial charge in [0.2, 0.25) is 5.95 Å². The number of hydrogen-bond acceptors (Lipinski definition) is 6. The highest BCUT2D eigenvalue weighted by atomic mass is 35.5. The monoisotopic (exact) mass is 271 g/mol. The summed E-state index contributed by atoms with van der Waals surface area (Å²) in [5, 5.41) is 3.04. The smallest absolute Gasteiger partial charge is 0.407 e. The van der Waals surface area contributed by atoms with Crippen LogP contribution in [0.1, 0.15) is 6.92 Å². The number of ether oxygens (including phenoxy) is 1. The molecule has 1 fully saturated rings. The first-order chi connectivity index (χ1) is 8.58. The van der Waals surface area contributed by atoms with Crippen LogP contribution in [0.3, 0.4) is 0 Å². The van der Waals surface area contributed by atoms with Gasteiger partial charge in [-0.2, -0.15) is 4.98 Å². The molecule has 0 aliphatic carbocycles. The van der Waals surface area contributed by atoms with Crippen molar-refractivity contribution < 1.29 is 9.53 Å². The molecule has 1 aromatic rings. The van der Waals surface area contributed by atoms with Crippen LogP contribution in [0, 0.1) is 0 Å². The van der Waals surface area contributed by atoms with E-state index in [2.05, 4.69) is 15.3 Å². The third-order valence-electron chi connectivity index (χ3n) is 2.50. The Morgan fingerprint density at radius 1 is 1.67 bits per heavy atom. The molecule has 18 heavy (non-hydrogen) atoms. The number of carbonyl (C=O) groups is 1. The number of halogens is 1. The SMILES string of the molecule is CCOC(=O)NC1CN(c2cc(Cl)nc(N)n2)C1. The fraction of sp³-hybridized carbons (Fsp3) is 0.500. The van der Waals surface area contributed by atoms with Gasteiger partial charge in [-0.25, -0.2) is 9.78 Å². The van der Waals surface area contributed by atoms with Crippen molar-refractivity contribution in [3.63, 3.8) is 0 Å². The average molecular weight is 272 g/mol. The van der Waals surface area contributed by atoms with Crippen LogP contribution in [-0.4, -0.2) is 41.8 Å². The van der Waals surface area contributed by atoms with E-state index < -0.39 is 6.09 Å². The molecule has 8 heteroatoms. The molecule has 7 nitrogen and oxygen atoms in total. The molecule has 98 valence electrons. The van der Waals surface area contributed by atoms with E-state index in [1.807, 2.05) is 4.90 Å². The summed E-state index contributed by atoms with van der Waals surface area (Å²) >= 11 is 5.79. The van der Waals surface area contributed by atoms with Gasteiger partial charge in [0.15, 0.2) is 0 Å². The largest absolute Gasteiger partial charge is 0.450 e. The molecule has 1 aliphatic rings. The molecule has 0 atom stereocenters. The second-order valence-electron chi connectivity index (χ2n) is 3.87. The lowest BCUT2D eigenvalue weighted by atomic mass is 10.1. The fourth-order valence-electron chi connectivity index (χ4n) is 1.68. The summed E-state index contributed by atoms with van der Waals surface area (Å²) in [5.74, 6) is 0.800. The Balaban J connectivity index is 1.87. The Bertz CT molecular complexity index is 430.